The van der Waals surface area contributed by atoms with E-state index in [1.165, 1.54) is 22.5 Å². The molecule has 1 aliphatic heterocycles. The summed E-state index contributed by atoms with van der Waals surface area (Å²) in [6, 6.07) is 14.4. The summed E-state index contributed by atoms with van der Waals surface area (Å²) in [7, 11) is 4.18. The van der Waals surface area contributed by atoms with Gasteiger partial charge in [-0.15, -0.1) is 0 Å². The van der Waals surface area contributed by atoms with Crippen molar-refractivity contribution in [2.45, 2.75) is 32.9 Å². The van der Waals surface area contributed by atoms with Crippen LogP contribution in [0.4, 0.5) is 0 Å². The molecule has 7 heteroatoms. The predicted octanol–water partition coefficient (Wildman–Crippen LogP) is 4.99. The van der Waals surface area contributed by atoms with Crippen LogP contribution in [0.25, 0.3) is 5.69 Å². The first-order valence-corrected chi connectivity index (χ1v) is 11.6. The Kier molecular flexibility index (Phi) is 6.56. The number of pyridine rings is 1. The van der Waals surface area contributed by atoms with Crippen LogP contribution in [-0.4, -0.2) is 51.6 Å². The number of hydrogen-bond donors (Lipinski definition) is 1. The first-order chi connectivity index (χ1) is 15.3. The molecule has 0 spiro atoms. The van der Waals surface area contributed by atoms with E-state index >= 15 is 0 Å². The van der Waals surface area contributed by atoms with Crippen LogP contribution in [0.1, 0.15) is 40.3 Å². The maximum absolute atomic E-state index is 6.36. The average Bonchev–Trinajstić information content (AvgIpc) is 3.24. The van der Waals surface area contributed by atoms with Gasteiger partial charge in [0.25, 0.3) is 0 Å². The van der Waals surface area contributed by atoms with E-state index in [4.69, 9.17) is 23.8 Å². The molecule has 0 radical (unpaired) electrons. The van der Waals surface area contributed by atoms with Crippen LogP contribution >= 0.6 is 23.8 Å². The summed E-state index contributed by atoms with van der Waals surface area (Å²) in [5, 5.41) is 5.07. The largest absolute Gasteiger partial charge is 0.352 e. The van der Waals surface area contributed by atoms with Crippen LogP contribution < -0.4 is 5.32 Å². The number of aromatic nitrogens is 2. The number of nitrogens with zero attached hydrogens (tertiary/aromatic N) is 4. The van der Waals surface area contributed by atoms with Gasteiger partial charge in [0.15, 0.2) is 5.11 Å². The van der Waals surface area contributed by atoms with Crippen LogP contribution in [0.5, 0.6) is 0 Å². The Morgan fingerprint density at radius 2 is 1.91 bits per heavy atom. The fraction of sp³-hybridized carbons (Fsp3) is 0.360. The topological polar surface area (TPSA) is 36.3 Å². The summed E-state index contributed by atoms with van der Waals surface area (Å²) in [5.41, 5.74) is 6.92. The third-order valence-electron chi connectivity index (χ3n) is 6.19. The van der Waals surface area contributed by atoms with E-state index in [1.807, 2.05) is 30.5 Å². The Morgan fingerprint density at radius 1 is 1.12 bits per heavy atom. The first-order valence-electron chi connectivity index (χ1n) is 10.9. The summed E-state index contributed by atoms with van der Waals surface area (Å²) in [5.74, 6) is 0. The summed E-state index contributed by atoms with van der Waals surface area (Å²) in [4.78, 5) is 9.16. The number of aryl methyl sites for hydroxylation is 2. The molecule has 3 heterocycles. The Balaban J connectivity index is 1.83. The second-order valence-corrected chi connectivity index (χ2v) is 9.54. The average molecular weight is 468 g/mol. The minimum Gasteiger partial charge on any atom is -0.352 e. The van der Waals surface area contributed by atoms with Gasteiger partial charge in [-0.25, -0.2) is 0 Å². The second kappa shape index (κ2) is 9.22. The summed E-state index contributed by atoms with van der Waals surface area (Å²) < 4.78 is 2.30. The predicted molar refractivity (Wildman–Crippen MR) is 136 cm³/mol. The number of benzene rings is 1. The van der Waals surface area contributed by atoms with E-state index < -0.39 is 0 Å². The molecule has 0 saturated carbocycles. The fourth-order valence-corrected chi connectivity index (χ4v) is 5.07. The molecule has 0 aliphatic carbocycles. The van der Waals surface area contributed by atoms with E-state index in [2.05, 4.69) is 77.7 Å². The third kappa shape index (κ3) is 4.27. The summed E-state index contributed by atoms with van der Waals surface area (Å²) >= 11 is 12.2. The van der Waals surface area contributed by atoms with Gasteiger partial charge in [-0.05, 0) is 88.5 Å². The molecule has 5 nitrogen and oxygen atoms in total. The lowest BCUT2D eigenvalue weighted by Gasteiger charge is -2.29. The standard InChI is InChI=1S/C25H30ClN5S/c1-16-9-10-19(26)15-22(16)31-17(2)14-20(18(31)3)24-23(21-8-6-7-11-27-21)28-25(32)30(24)13-12-29(4)5/h6-11,14-15,23-24H,12-13H2,1-5H3,(H,28,32)/t23-,24-/m1/s1. The molecule has 0 bridgehead atoms. The Labute approximate surface area is 201 Å². The van der Waals surface area contributed by atoms with Gasteiger partial charge in [-0.2, -0.15) is 0 Å². The molecule has 32 heavy (non-hydrogen) atoms. The van der Waals surface area contributed by atoms with E-state index in [0.717, 1.165) is 34.6 Å². The van der Waals surface area contributed by atoms with Crippen molar-refractivity contribution in [3.05, 3.63) is 81.9 Å². The Bertz CT molecular complexity index is 1120. The van der Waals surface area contributed by atoms with Crippen molar-refractivity contribution in [3.63, 3.8) is 0 Å². The van der Waals surface area contributed by atoms with Crippen molar-refractivity contribution < 1.29 is 0 Å². The van der Waals surface area contributed by atoms with Crippen LogP contribution in [0.2, 0.25) is 5.02 Å². The van der Waals surface area contributed by atoms with Crippen LogP contribution in [0.3, 0.4) is 0 Å². The van der Waals surface area contributed by atoms with Crippen LogP contribution in [-0.2, 0) is 0 Å². The zero-order valence-corrected chi connectivity index (χ0v) is 20.8. The SMILES string of the molecule is Cc1ccc(Cl)cc1-n1c(C)cc([C@@H]2[C@@H](c3ccccn3)NC(=S)N2CCN(C)C)c1C. The van der Waals surface area contributed by atoms with Gasteiger partial charge in [0.05, 0.1) is 17.8 Å². The number of likely N-dealkylation sites (N-methyl/N-ethyl adjacent to an activating group) is 1. The highest BCUT2D eigenvalue weighted by Crippen LogP contribution is 2.41. The van der Waals surface area contributed by atoms with Gasteiger partial charge in [0.1, 0.15) is 0 Å². The lowest BCUT2D eigenvalue weighted by molar-refractivity contribution is 0.277. The monoisotopic (exact) mass is 467 g/mol. The number of rotatable bonds is 6. The molecule has 0 unspecified atom stereocenters. The molecule has 1 aliphatic rings. The molecule has 0 amide bonds. The molecule has 1 fully saturated rings. The molecule has 4 rings (SSSR count). The highest BCUT2D eigenvalue weighted by molar-refractivity contribution is 7.80. The fourth-order valence-electron chi connectivity index (χ4n) is 4.57. The van der Waals surface area contributed by atoms with Crippen molar-refractivity contribution in [1.29, 1.82) is 0 Å². The third-order valence-corrected chi connectivity index (χ3v) is 6.77. The summed E-state index contributed by atoms with van der Waals surface area (Å²) in [6.07, 6.45) is 1.85. The van der Waals surface area contributed by atoms with Crippen LogP contribution in [0.15, 0.2) is 48.7 Å². The molecule has 3 aromatic rings. The van der Waals surface area contributed by atoms with Gasteiger partial charge < -0.3 is 19.7 Å². The lowest BCUT2D eigenvalue weighted by Crippen LogP contribution is -2.35. The van der Waals surface area contributed by atoms with Crippen molar-refractivity contribution in [1.82, 2.24) is 24.7 Å². The van der Waals surface area contributed by atoms with E-state index in [0.29, 0.717) is 0 Å². The van der Waals surface area contributed by atoms with Crippen molar-refractivity contribution in [3.8, 4) is 5.69 Å². The number of nitrogens with one attached hydrogen (secondary N) is 1. The summed E-state index contributed by atoms with van der Waals surface area (Å²) in [6.45, 7) is 8.21. The quantitative estimate of drug-likeness (QED) is 0.517. The molecule has 1 N–H and O–H groups in total. The molecule has 168 valence electrons. The van der Waals surface area contributed by atoms with Crippen LogP contribution in [0, 0.1) is 20.8 Å². The molecule has 2 atom stereocenters. The van der Waals surface area contributed by atoms with Crippen molar-refractivity contribution in [2.75, 3.05) is 27.2 Å². The maximum atomic E-state index is 6.36. The molecular formula is C25H30ClN5S. The number of thiocarbonyl (C=S) groups is 1. The molecule has 2 aromatic heterocycles. The zero-order chi connectivity index (χ0) is 23.0. The highest BCUT2D eigenvalue weighted by atomic mass is 35.5. The van der Waals surface area contributed by atoms with Crippen molar-refractivity contribution >= 4 is 28.9 Å². The highest BCUT2D eigenvalue weighted by Gasteiger charge is 2.41. The second-order valence-electron chi connectivity index (χ2n) is 8.72. The zero-order valence-electron chi connectivity index (χ0n) is 19.3. The molecule has 1 saturated heterocycles. The Hall–Kier alpha value is -2.41. The van der Waals surface area contributed by atoms with Crippen molar-refractivity contribution in [2.24, 2.45) is 0 Å². The minimum absolute atomic E-state index is 0.0136. The maximum Gasteiger partial charge on any atom is 0.170 e. The first kappa shape index (κ1) is 22.8. The van der Waals surface area contributed by atoms with Gasteiger partial charge in [-0.1, -0.05) is 23.7 Å². The van der Waals surface area contributed by atoms with Gasteiger partial charge in [0.2, 0.25) is 0 Å². The molecule has 1 aromatic carbocycles. The number of hydrogen-bond acceptors (Lipinski definition) is 3. The van der Waals surface area contributed by atoms with E-state index in [9.17, 15) is 0 Å². The lowest BCUT2D eigenvalue weighted by atomic mass is 9.96. The normalized spacial score (nSPS) is 18.5. The minimum atomic E-state index is -0.0136. The van der Waals surface area contributed by atoms with Gasteiger partial charge in [-0.3, -0.25) is 4.98 Å². The van der Waals surface area contributed by atoms with Gasteiger partial charge in [0, 0.05) is 41.4 Å². The smallest absolute Gasteiger partial charge is 0.170 e. The Morgan fingerprint density at radius 3 is 2.59 bits per heavy atom. The van der Waals surface area contributed by atoms with E-state index in [1.54, 1.807) is 0 Å². The van der Waals surface area contributed by atoms with E-state index in [-0.39, 0.29) is 12.1 Å². The van der Waals surface area contributed by atoms with Gasteiger partial charge >= 0.3 is 0 Å². The number of halogens is 1. The molecular weight excluding hydrogens is 438 g/mol.